The maximum absolute atomic E-state index is 10.6. The number of nitrogens with zero attached hydrogens (tertiary/aromatic N) is 2. The highest BCUT2D eigenvalue weighted by Crippen LogP contribution is 1.95. The number of hydrogen-bond acceptors (Lipinski definition) is 3. The van der Waals surface area contributed by atoms with Gasteiger partial charge in [0.2, 0.25) is 0 Å². The van der Waals surface area contributed by atoms with E-state index in [2.05, 4.69) is 16.2 Å². The summed E-state index contributed by atoms with van der Waals surface area (Å²) in [7, 11) is 0. The van der Waals surface area contributed by atoms with Gasteiger partial charge in [0.25, 0.3) is 0 Å². The van der Waals surface area contributed by atoms with Gasteiger partial charge in [0.15, 0.2) is 0 Å². The predicted molar refractivity (Wildman–Crippen MR) is 33.2 cm³/mol. The van der Waals surface area contributed by atoms with Crippen LogP contribution < -0.4 is 0 Å². The molecule has 0 aliphatic carbocycles. The maximum Gasteiger partial charge on any atom is 0.343 e. The number of aromatic nitrogens is 2. The van der Waals surface area contributed by atoms with Crippen molar-refractivity contribution in [2.75, 3.05) is 6.26 Å². The van der Waals surface area contributed by atoms with Gasteiger partial charge in [0.05, 0.1) is 6.20 Å². The molecule has 1 atom stereocenters. The molecule has 0 bridgehead atoms. The molecule has 0 spiro atoms. The summed E-state index contributed by atoms with van der Waals surface area (Å²) in [6.07, 6.45) is 5.59. The summed E-state index contributed by atoms with van der Waals surface area (Å²) in [5, 5.41) is 0.331. The van der Waals surface area contributed by atoms with E-state index in [0.29, 0.717) is 5.16 Å². The van der Waals surface area contributed by atoms with Crippen LogP contribution in [-0.2, 0) is 11.2 Å². The maximum atomic E-state index is 10.6. The first-order chi connectivity index (χ1) is 4.30. The predicted octanol–water partition coefficient (Wildman–Crippen LogP) is 0.0142. The van der Waals surface area contributed by atoms with E-state index >= 15 is 0 Å². The summed E-state index contributed by atoms with van der Waals surface area (Å²) in [4.78, 5) is 7.38. The van der Waals surface area contributed by atoms with Gasteiger partial charge in [0, 0.05) is 17.4 Å². The Bertz CT molecular complexity index is 178. The average molecular weight is 141 g/mol. The molecular formula is C5H5N2OS. The Morgan fingerprint density at radius 2 is 2.56 bits per heavy atom. The van der Waals surface area contributed by atoms with Gasteiger partial charge in [-0.05, 0) is 6.07 Å². The Labute approximate surface area is 56.3 Å². The molecule has 0 saturated carbocycles. The first-order valence-corrected chi connectivity index (χ1v) is 3.89. The topological polar surface area (TPSA) is 48.8 Å². The summed E-state index contributed by atoms with van der Waals surface area (Å²) in [6, 6.07) is 1.57. The van der Waals surface area contributed by atoms with E-state index in [-0.39, 0.29) is 0 Å². The highest BCUT2D eigenvalue weighted by atomic mass is 32.2. The standard InChI is InChI=1S/C5H5N2OS/c1-9(8)5-6-3-2-4-7-5/h2-3H,1H3. The van der Waals surface area contributed by atoms with Gasteiger partial charge in [-0.15, -0.1) is 0 Å². The second kappa shape index (κ2) is 2.80. The fourth-order valence-electron chi connectivity index (χ4n) is 0.394. The zero-order valence-electron chi connectivity index (χ0n) is 4.87. The molecule has 1 unspecified atom stereocenters. The van der Waals surface area contributed by atoms with Crippen LogP contribution in [0.15, 0.2) is 17.4 Å². The molecule has 3 nitrogen and oxygen atoms in total. The van der Waals surface area contributed by atoms with Crippen LogP contribution in [0.4, 0.5) is 0 Å². The van der Waals surface area contributed by atoms with Gasteiger partial charge in [-0.25, -0.2) is 0 Å². The molecule has 1 heterocycles. The minimum atomic E-state index is -1.08. The van der Waals surface area contributed by atoms with Gasteiger partial charge in [-0.2, -0.15) is 9.97 Å². The molecule has 0 aliphatic heterocycles. The highest BCUT2D eigenvalue weighted by Gasteiger charge is 2.03. The lowest BCUT2D eigenvalue weighted by molar-refractivity contribution is 0.592. The monoisotopic (exact) mass is 141 g/mol. The van der Waals surface area contributed by atoms with Gasteiger partial charge < -0.3 is 4.55 Å². The van der Waals surface area contributed by atoms with Crippen molar-refractivity contribution in [1.29, 1.82) is 0 Å². The molecule has 0 fully saturated rings. The van der Waals surface area contributed by atoms with Gasteiger partial charge in [-0.3, -0.25) is 0 Å². The van der Waals surface area contributed by atoms with Gasteiger partial charge in [-0.1, -0.05) is 0 Å². The molecule has 4 heteroatoms. The second-order valence-corrected chi connectivity index (χ2v) is 2.70. The van der Waals surface area contributed by atoms with Crippen LogP contribution in [-0.4, -0.2) is 20.8 Å². The van der Waals surface area contributed by atoms with Crippen molar-refractivity contribution in [1.82, 2.24) is 9.97 Å². The lowest BCUT2D eigenvalue weighted by atomic mass is 10.7. The molecule has 0 N–H and O–H groups in total. The Morgan fingerprint density at radius 1 is 1.78 bits per heavy atom. The smallest absolute Gasteiger partial charge is 0.343 e. The number of hydrogen-bond donors (Lipinski definition) is 0. The Kier molecular flexibility index (Phi) is 2.02. The molecule has 0 aliphatic rings. The second-order valence-electron chi connectivity index (χ2n) is 1.42. The third kappa shape index (κ3) is 1.65. The van der Waals surface area contributed by atoms with Crippen LogP contribution in [0.3, 0.4) is 0 Å². The molecular weight excluding hydrogens is 136 g/mol. The third-order valence-electron chi connectivity index (χ3n) is 0.751. The van der Waals surface area contributed by atoms with Crippen LogP contribution in [0.25, 0.3) is 0 Å². The molecule has 1 radical (unpaired) electrons. The average Bonchev–Trinajstić information content (AvgIpc) is 1.90. The first kappa shape index (κ1) is 6.51. The van der Waals surface area contributed by atoms with Crippen molar-refractivity contribution in [2.24, 2.45) is 0 Å². The largest absolute Gasteiger partial charge is 0.609 e. The highest BCUT2D eigenvalue weighted by molar-refractivity contribution is 7.90. The van der Waals surface area contributed by atoms with Crippen molar-refractivity contribution in [3.8, 4) is 0 Å². The summed E-state index contributed by atoms with van der Waals surface area (Å²) >= 11 is -1.08. The fraction of sp³-hybridized carbons (Fsp3) is 0.200. The van der Waals surface area contributed by atoms with Gasteiger partial charge >= 0.3 is 5.16 Å². The molecule has 1 rings (SSSR count). The van der Waals surface area contributed by atoms with Crippen LogP contribution >= 0.6 is 0 Å². The SMILES string of the molecule is C[S+]([O-])c1n[c]ccn1. The molecule has 0 amide bonds. The van der Waals surface area contributed by atoms with Crippen LogP contribution in [0.1, 0.15) is 0 Å². The molecule has 1 aromatic heterocycles. The summed E-state index contributed by atoms with van der Waals surface area (Å²) < 4.78 is 10.6. The van der Waals surface area contributed by atoms with Gasteiger partial charge in [0.1, 0.15) is 6.26 Å². The minimum Gasteiger partial charge on any atom is -0.609 e. The van der Waals surface area contributed by atoms with Crippen LogP contribution in [0.2, 0.25) is 0 Å². The van der Waals surface area contributed by atoms with E-state index in [4.69, 9.17) is 0 Å². The normalized spacial score (nSPS) is 13.1. The molecule has 0 saturated heterocycles. The zero-order chi connectivity index (χ0) is 6.69. The Hall–Kier alpha value is -0.610. The van der Waals surface area contributed by atoms with E-state index in [1.807, 2.05) is 0 Å². The fourth-order valence-corrected chi connectivity index (χ4v) is 0.785. The van der Waals surface area contributed by atoms with Crippen LogP contribution in [0.5, 0.6) is 0 Å². The summed E-state index contributed by atoms with van der Waals surface area (Å²) in [5.74, 6) is 0. The molecule has 47 valence electrons. The lowest BCUT2D eigenvalue weighted by Crippen LogP contribution is -2.02. The lowest BCUT2D eigenvalue weighted by Gasteiger charge is -1.97. The van der Waals surface area contributed by atoms with E-state index in [1.165, 1.54) is 12.5 Å². The molecule has 1 aromatic rings. The number of rotatable bonds is 1. The van der Waals surface area contributed by atoms with E-state index in [1.54, 1.807) is 6.07 Å². The molecule has 9 heavy (non-hydrogen) atoms. The van der Waals surface area contributed by atoms with E-state index < -0.39 is 11.2 Å². The minimum absolute atomic E-state index is 0.331. The van der Waals surface area contributed by atoms with Crippen molar-refractivity contribution < 1.29 is 4.55 Å². The third-order valence-corrected chi connectivity index (χ3v) is 1.46. The quantitative estimate of drug-likeness (QED) is 0.409. The van der Waals surface area contributed by atoms with Crippen molar-refractivity contribution in [2.45, 2.75) is 5.16 Å². The van der Waals surface area contributed by atoms with E-state index in [0.717, 1.165) is 0 Å². The molecule has 0 aromatic carbocycles. The zero-order valence-corrected chi connectivity index (χ0v) is 5.68. The first-order valence-electron chi connectivity index (χ1n) is 2.33. The van der Waals surface area contributed by atoms with Crippen LogP contribution in [0, 0.1) is 6.20 Å². The van der Waals surface area contributed by atoms with Crippen molar-refractivity contribution >= 4 is 11.2 Å². The van der Waals surface area contributed by atoms with Crippen molar-refractivity contribution in [3.05, 3.63) is 18.5 Å². The Balaban J connectivity index is 2.85. The van der Waals surface area contributed by atoms with Crippen molar-refractivity contribution in [3.63, 3.8) is 0 Å². The summed E-state index contributed by atoms with van der Waals surface area (Å²) in [5.41, 5.74) is 0. The van der Waals surface area contributed by atoms with E-state index in [9.17, 15) is 4.55 Å². The Morgan fingerprint density at radius 3 is 2.89 bits per heavy atom. The summed E-state index contributed by atoms with van der Waals surface area (Å²) in [6.45, 7) is 0.